The van der Waals surface area contributed by atoms with Crippen molar-refractivity contribution in [2.24, 2.45) is 0 Å². The van der Waals surface area contributed by atoms with Crippen molar-refractivity contribution in [3.63, 3.8) is 0 Å². The van der Waals surface area contributed by atoms with E-state index in [1.54, 1.807) is 0 Å². The van der Waals surface area contributed by atoms with Crippen molar-refractivity contribution in [1.29, 1.82) is 0 Å². The van der Waals surface area contributed by atoms with Crippen LogP contribution in [0, 0.1) is 10.1 Å². The molecule has 1 aromatic carbocycles. The molecule has 1 fully saturated rings. The van der Waals surface area contributed by atoms with E-state index < -0.39 is 20.9 Å². The highest BCUT2D eigenvalue weighted by atomic mass is 32.2. The van der Waals surface area contributed by atoms with Crippen LogP contribution >= 0.6 is 11.3 Å². The number of hydrogen-bond acceptors (Lipinski definition) is 8. The van der Waals surface area contributed by atoms with Gasteiger partial charge in [0, 0.05) is 30.8 Å². The normalized spacial score (nSPS) is 15.5. The monoisotopic (exact) mass is 397 g/mol. The number of piperidine rings is 1. The SMILES string of the molecule is O=C(Nc1nnc(S(=O)(=O)N2CCCCC2)s1)c1cccc([N+](=O)[O-])c1. The van der Waals surface area contributed by atoms with E-state index in [0.29, 0.717) is 13.1 Å². The number of nitrogens with one attached hydrogen (secondary N) is 1. The molecule has 0 unspecified atom stereocenters. The zero-order valence-corrected chi connectivity index (χ0v) is 15.1. The van der Waals surface area contributed by atoms with Crippen LogP contribution in [0.4, 0.5) is 10.8 Å². The van der Waals surface area contributed by atoms with Gasteiger partial charge in [-0.2, -0.15) is 4.31 Å². The van der Waals surface area contributed by atoms with Crippen LogP contribution in [0.2, 0.25) is 0 Å². The van der Waals surface area contributed by atoms with Gasteiger partial charge in [-0.25, -0.2) is 8.42 Å². The molecule has 1 aliphatic rings. The van der Waals surface area contributed by atoms with Gasteiger partial charge >= 0.3 is 0 Å². The number of nitro benzene ring substituents is 1. The lowest BCUT2D eigenvalue weighted by atomic mass is 10.2. The first-order chi connectivity index (χ1) is 12.4. The van der Waals surface area contributed by atoms with Gasteiger partial charge in [0.2, 0.25) is 9.47 Å². The number of sulfonamides is 1. The third-order valence-electron chi connectivity index (χ3n) is 3.82. The highest BCUT2D eigenvalue weighted by molar-refractivity contribution is 7.91. The predicted molar refractivity (Wildman–Crippen MR) is 93.6 cm³/mol. The van der Waals surface area contributed by atoms with Gasteiger partial charge in [-0.05, 0) is 18.9 Å². The van der Waals surface area contributed by atoms with E-state index in [1.807, 2.05) is 0 Å². The smallest absolute Gasteiger partial charge is 0.272 e. The van der Waals surface area contributed by atoms with E-state index in [0.717, 1.165) is 36.7 Å². The van der Waals surface area contributed by atoms with E-state index >= 15 is 0 Å². The van der Waals surface area contributed by atoms with E-state index in [2.05, 4.69) is 15.5 Å². The molecule has 1 saturated heterocycles. The number of nitro groups is 1. The molecule has 26 heavy (non-hydrogen) atoms. The van der Waals surface area contributed by atoms with Crippen LogP contribution in [0.25, 0.3) is 0 Å². The molecule has 1 aromatic heterocycles. The quantitative estimate of drug-likeness (QED) is 0.462. The van der Waals surface area contributed by atoms with E-state index in [-0.39, 0.29) is 20.7 Å². The summed E-state index contributed by atoms with van der Waals surface area (Å²) in [5.74, 6) is -0.633. The maximum atomic E-state index is 12.5. The molecule has 0 aliphatic carbocycles. The van der Waals surface area contributed by atoms with Gasteiger partial charge in [0.1, 0.15) is 0 Å². The van der Waals surface area contributed by atoms with Crippen molar-refractivity contribution in [2.45, 2.75) is 23.6 Å². The minimum Gasteiger partial charge on any atom is -0.296 e. The third kappa shape index (κ3) is 3.86. The van der Waals surface area contributed by atoms with Crippen molar-refractivity contribution in [2.75, 3.05) is 18.4 Å². The van der Waals surface area contributed by atoms with Crippen LogP contribution in [-0.4, -0.2) is 46.8 Å². The highest BCUT2D eigenvalue weighted by Crippen LogP contribution is 2.26. The Morgan fingerprint density at radius 3 is 2.65 bits per heavy atom. The van der Waals surface area contributed by atoms with E-state index in [1.165, 1.54) is 22.5 Å². The first kappa shape index (κ1) is 18.4. The molecule has 0 bridgehead atoms. The molecule has 1 aliphatic heterocycles. The van der Waals surface area contributed by atoms with Crippen LogP contribution in [0.5, 0.6) is 0 Å². The van der Waals surface area contributed by atoms with Crippen molar-refractivity contribution in [3.05, 3.63) is 39.9 Å². The lowest BCUT2D eigenvalue weighted by Gasteiger charge is -2.24. The van der Waals surface area contributed by atoms with Crippen LogP contribution < -0.4 is 5.32 Å². The largest absolute Gasteiger partial charge is 0.296 e. The van der Waals surface area contributed by atoms with Crippen molar-refractivity contribution >= 4 is 38.1 Å². The average molecular weight is 397 g/mol. The Morgan fingerprint density at radius 1 is 1.23 bits per heavy atom. The summed E-state index contributed by atoms with van der Waals surface area (Å²) in [7, 11) is -3.72. The second kappa shape index (κ2) is 7.43. The third-order valence-corrected chi connectivity index (χ3v) is 6.90. The summed E-state index contributed by atoms with van der Waals surface area (Å²) in [6.07, 6.45) is 2.59. The summed E-state index contributed by atoms with van der Waals surface area (Å²) in [6, 6.07) is 5.20. The number of non-ortho nitro benzene ring substituents is 1. The first-order valence-electron chi connectivity index (χ1n) is 7.77. The lowest BCUT2D eigenvalue weighted by Crippen LogP contribution is -2.35. The van der Waals surface area contributed by atoms with Gasteiger partial charge in [0.05, 0.1) is 4.92 Å². The number of anilines is 1. The molecule has 138 valence electrons. The van der Waals surface area contributed by atoms with Gasteiger partial charge in [0.15, 0.2) is 0 Å². The topological polar surface area (TPSA) is 135 Å². The highest BCUT2D eigenvalue weighted by Gasteiger charge is 2.30. The molecule has 0 atom stereocenters. The molecular weight excluding hydrogens is 382 g/mol. The summed E-state index contributed by atoms with van der Waals surface area (Å²) < 4.78 is 26.2. The van der Waals surface area contributed by atoms with Crippen molar-refractivity contribution in [3.8, 4) is 0 Å². The molecule has 3 rings (SSSR count). The number of carbonyl (C=O) groups excluding carboxylic acids is 1. The maximum Gasteiger partial charge on any atom is 0.272 e. The number of nitrogens with zero attached hydrogens (tertiary/aromatic N) is 4. The Hall–Kier alpha value is -2.44. The Bertz CT molecular complexity index is 937. The molecule has 2 heterocycles. The van der Waals surface area contributed by atoms with Crippen LogP contribution in [-0.2, 0) is 10.0 Å². The summed E-state index contributed by atoms with van der Waals surface area (Å²) in [4.78, 5) is 22.4. The number of rotatable bonds is 5. The second-order valence-electron chi connectivity index (χ2n) is 5.60. The Balaban J connectivity index is 1.75. The molecule has 0 radical (unpaired) electrons. The van der Waals surface area contributed by atoms with Gasteiger partial charge in [-0.15, -0.1) is 10.2 Å². The summed E-state index contributed by atoms with van der Waals surface area (Å²) in [5.41, 5.74) is -0.155. The maximum absolute atomic E-state index is 12.5. The number of amides is 1. The van der Waals surface area contributed by atoms with Gasteiger partial charge in [-0.3, -0.25) is 20.2 Å². The molecule has 0 saturated carbocycles. The fraction of sp³-hybridized carbons (Fsp3) is 0.357. The number of carbonyl (C=O) groups is 1. The van der Waals surface area contributed by atoms with E-state index in [4.69, 9.17) is 0 Å². The summed E-state index contributed by atoms with van der Waals surface area (Å²) in [6.45, 7) is 0.884. The average Bonchev–Trinajstić information content (AvgIpc) is 3.12. The Morgan fingerprint density at radius 2 is 1.96 bits per heavy atom. The fourth-order valence-electron chi connectivity index (χ4n) is 2.51. The molecular formula is C14H15N5O5S2. The van der Waals surface area contributed by atoms with Crippen LogP contribution in [0.15, 0.2) is 28.6 Å². The molecule has 12 heteroatoms. The predicted octanol–water partition coefficient (Wildman–Crippen LogP) is 1.87. The number of hydrogen-bond donors (Lipinski definition) is 1. The molecule has 1 N–H and O–H groups in total. The van der Waals surface area contributed by atoms with E-state index in [9.17, 15) is 23.3 Å². The fourth-order valence-corrected chi connectivity index (χ4v) is 5.06. The zero-order valence-electron chi connectivity index (χ0n) is 13.5. The van der Waals surface area contributed by atoms with Crippen LogP contribution in [0.1, 0.15) is 29.6 Å². The lowest BCUT2D eigenvalue weighted by molar-refractivity contribution is -0.384. The Kier molecular flexibility index (Phi) is 5.25. The van der Waals surface area contributed by atoms with Gasteiger partial charge < -0.3 is 0 Å². The first-order valence-corrected chi connectivity index (χ1v) is 10.0. The molecule has 10 nitrogen and oxygen atoms in total. The van der Waals surface area contributed by atoms with Gasteiger partial charge in [-0.1, -0.05) is 23.8 Å². The van der Waals surface area contributed by atoms with Crippen molar-refractivity contribution in [1.82, 2.24) is 14.5 Å². The standard InChI is InChI=1S/C14H15N5O5S2/c20-12(10-5-4-6-11(9-10)19(21)22)15-13-16-17-14(25-13)26(23,24)18-7-2-1-3-8-18/h4-6,9H,1-3,7-8H2,(H,15,16,20). The number of benzene rings is 1. The second-order valence-corrected chi connectivity index (χ2v) is 8.69. The van der Waals surface area contributed by atoms with Crippen LogP contribution in [0.3, 0.4) is 0 Å². The minimum atomic E-state index is -3.72. The zero-order chi connectivity index (χ0) is 18.7. The summed E-state index contributed by atoms with van der Waals surface area (Å²) in [5, 5.41) is 20.6. The molecule has 0 spiro atoms. The summed E-state index contributed by atoms with van der Waals surface area (Å²) >= 11 is 0.749. The van der Waals surface area contributed by atoms with Crippen molar-refractivity contribution < 1.29 is 18.1 Å². The van der Waals surface area contributed by atoms with Gasteiger partial charge in [0.25, 0.3) is 21.6 Å². The molecule has 1 amide bonds. The minimum absolute atomic E-state index is 0.0112. The number of aromatic nitrogens is 2. The molecule has 2 aromatic rings. The Labute approximate surface area is 153 Å².